The minimum atomic E-state index is 0.139. The second-order valence-corrected chi connectivity index (χ2v) is 5.23. The van der Waals surface area contributed by atoms with Crippen molar-refractivity contribution in [2.45, 2.75) is 19.8 Å². The van der Waals surface area contributed by atoms with E-state index in [9.17, 15) is 4.79 Å². The molecule has 0 saturated carbocycles. The quantitative estimate of drug-likeness (QED) is 0.847. The van der Waals surface area contributed by atoms with Crippen LogP contribution in [-0.4, -0.2) is 10.8 Å². The fourth-order valence-corrected chi connectivity index (χ4v) is 2.59. The first kappa shape index (κ1) is 12.3. The number of ketones is 1. The van der Waals surface area contributed by atoms with Crippen LogP contribution in [0.2, 0.25) is 5.02 Å². The summed E-state index contributed by atoms with van der Waals surface area (Å²) in [7, 11) is 0. The molecule has 0 amide bonds. The van der Waals surface area contributed by atoms with Gasteiger partial charge >= 0.3 is 0 Å². The smallest absolute Gasteiger partial charge is 0.135 e. The number of thiazole rings is 1. The monoisotopic (exact) mass is 265 g/mol. The van der Waals surface area contributed by atoms with Gasteiger partial charge in [0.2, 0.25) is 0 Å². The number of benzene rings is 1. The van der Waals surface area contributed by atoms with Crippen LogP contribution in [0.3, 0.4) is 0 Å². The fraction of sp³-hybridized carbons (Fsp3) is 0.231. The normalized spacial score (nSPS) is 10.5. The topological polar surface area (TPSA) is 30.0 Å². The van der Waals surface area contributed by atoms with Crippen LogP contribution in [0.15, 0.2) is 29.6 Å². The van der Waals surface area contributed by atoms with E-state index in [1.165, 1.54) is 0 Å². The predicted octanol–water partition coefficient (Wildman–Crippen LogP) is 3.52. The second kappa shape index (κ2) is 5.43. The summed E-state index contributed by atoms with van der Waals surface area (Å²) in [5.41, 5.74) is 1.92. The Bertz CT molecular complexity index is 536. The Morgan fingerprint density at radius 3 is 2.88 bits per heavy atom. The van der Waals surface area contributed by atoms with Crippen molar-refractivity contribution < 1.29 is 4.79 Å². The lowest BCUT2D eigenvalue weighted by atomic mass is 10.1. The Labute approximate surface area is 109 Å². The van der Waals surface area contributed by atoms with Crippen molar-refractivity contribution in [2.75, 3.05) is 0 Å². The van der Waals surface area contributed by atoms with Crippen LogP contribution < -0.4 is 0 Å². The number of Topliss-reactive ketones (excluding diaryl/α,β-unsaturated/α-hetero) is 1. The van der Waals surface area contributed by atoms with Gasteiger partial charge in [-0.05, 0) is 18.6 Å². The molecule has 1 heterocycles. The zero-order valence-electron chi connectivity index (χ0n) is 9.44. The number of nitrogens with zero attached hydrogens (tertiary/aromatic N) is 1. The summed E-state index contributed by atoms with van der Waals surface area (Å²) in [5, 5.41) is 3.69. The zero-order chi connectivity index (χ0) is 12.3. The third kappa shape index (κ3) is 3.38. The fourth-order valence-electron chi connectivity index (χ4n) is 1.57. The molecule has 0 aliphatic carbocycles. The average molecular weight is 266 g/mol. The first-order chi connectivity index (χ1) is 8.15. The minimum Gasteiger partial charge on any atom is -0.300 e. The molecular formula is C13H12ClNOS. The molecule has 1 aromatic carbocycles. The molecule has 1 aromatic heterocycles. The molecular weight excluding hydrogens is 254 g/mol. The summed E-state index contributed by atoms with van der Waals surface area (Å²) in [6.45, 7) is 1.58. The van der Waals surface area contributed by atoms with Crippen molar-refractivity contribution in [2.24, 2.45) is 0 Å². The van der Waals surface area contributed by atoms with Crippen molar-refractivity contribution in [3.8, 4) is 0 Å². The van der Waals surface area contributed by atoms with Crippen LogP contribution in [0.25, 0.3) is 0 Å². The average Bonchev–Trinajstić information content (AvgIpc) is 2.68. The van der Waals surface area contributed by atoms with E-state index < -0.39 is 0 Å². The Morgan fingerprint density at radius 2 is 2.18 bits per heavy atom. The van der Waals surface area contributed by atoms with E-state index in [1.807, 2.05) is 29.6 Å². The molecule has 0 bridgehead atoms. The van der Waals surface area contributed by atoms with Gasteiger partial charge in [-0.1, -0.05) is 29.8 Å². The summed E-state index contributed by atoms with van der Waals surface area (Å²) >= 11 is 7.66. The van der Waals surface area contributed by atoms with E-state index in [4.69, 9.17) is 11.6 Å². The molecule has 0 saturated heterocycles. The van der Waals surface area contributed by atoms with E-state index in [-0.39, 0.29) is 5.78 Å². The highest BCUT2D eigenvalue weighted by molar-refractivity contribution is 7.09. The largest absolute Gasteiger partial charge is 0.300 e. The van der Waals surface area contributed by atoms with Gasteiger partial charge in [0.15, 0.2) is 0 Å². The molecule has 2 aromatic rings. The number of carbonyl (C=O) groups is 1. The number of rotatable bonds is 4. The van der Waals surface area contributed by atoms with Gasteiger partial charge in [0, 0.05) is 23.2 Å². The lowest BCUT2D eigenvalue weighted by Crippen LogP contribution is -1.97. The summed E-state index contributed by atoms with van der Waals surface area (Å²) in [6, 6.07) is 7.75. The first-order valence-electron chi connectivity index (χ1n) is 5.31. The van der Waals surface area contributed by atoms with Crippen LogP contribution in [0.1, 0.15) is 23.2 Å². The number of aromatic nitrogens is 1. The van der Waals surface area contributed by atoms with E-state index in [1.54, 1.807) is 18.3 Å². The zero-order valence-corrected chi connectivity index (χ0v) is 11.0. The van der Waals surface area contributed by atoms with Gasteiger partial charge < -0.3 is 0 Å². The molecule has 0 atom stereocenters. The third-order valence-electron chi connectivity index (χ3n) is 2.33. The van der Waals surface area contributed by atoms with Crippen molar-refractivity contribution in [3.63, 3.8) is 0 Å². The van der Waals surface area contributed by atoms with Crippen molar-refractivity contribution in [1.82, 2.24) is 4.98 Å². The molecule has 0 fully saturated rings. The van der Waals surface area contributed by atoms with E-state index in [2.05, 4.69) is 4.98 Å². The second-order valence-electron chi connectivity index (χ2n) is 3.88. The Kier molecular flexibility index (Phi) is 3.92. The summed E-state index contributed by atoms with van der Waals surface area (Å²) < 4.78 is 0. The third-order valence-corrected chi connectivity index (χ3v) is 3.60. The van der Waals surface area contributed by atoms with Gasteiger partial charge in [-0.3, -0.25) is 4.79 Å². The van der Waals surface area contributed by atoms with Gasteiger partial charge in [-0.2, -0.15) is 0 Å². The Hall–Kier alpha value is -1.19. The molecule has 88 valence electrons. The lowest BCUT2D eigenvalue weighted by Gasteiger charge is -2.00. The number of halogens is 1. The molecule has 0 aliphatic rings. The standard InChI is InChI=1S/C13H12ClNOS/c1-9(16)6-11-8-17-13(15-11)7-10-4-2-3-5-12(10)14/h2-5,8H,6-7H2,1H3. The molecule has 4 heteroatoms. The van der Waals surface area contributed by atoms with Gasteiger partial charge in [-0.25, -0.2) is 4.98 Å². The molecule has 0 spiro atoms. The maximum atomic E-state index is 11.0. The highest BCUT2D eigenvalue weighted by atomic mass is 35.5. The highest BCUT2D eigenvalue weighted by Gasteiger charge is 2.07. The van der Waals surface area contributed by atoms with Crippen molar-refractivity contribution in [1.29, 1.82) is 0 Å². The lowest BCUT2D eigenvalue weighted by molar-refractivity contribution is -0.116. The van der Waals surface area contributed by atoms with Crippen LogP contribution in [0.5, 0.6) is 0 Å². The molecule has 0 aliphatic heterocycles. The van der Waals surface area contributed by atoms with E-state index in [0.717, 1.165) is 27.7 Å². The van der Waals surface area contributed by atoms with E-state index in [0.29, 0.717) is 6.42 Å². The SMILES string of the molecule is CC(=O)Cc1csc(Cc2ccccc2Cl)n1. The number of hydrogen-bond acceptors (Lipinski definition) is 3. The number of carbonyl (C=O) groups excluding carboxylic acids is 1. The van der Waals surface area contributed by atoms with Crippen LogP contribution in [0.4, 0.5) is 0 Å². The molecule has 0 N–H and O–H groups in total. The molecule has 2 nitrogen and oxygen atoms in total. The van der Waals surface area contributed by atoms with Crippen LogP contribution in [-0.2, 0) is 17.6 Å². The minimum absolute atomic E-state index is 0.139. The molecule has 0 unspecified atom stereocenters. The summed E-state index contributed by atoms with van der Waals surface area (Å²) in [6.07, 6.45) is 1.14. The number of hydrogen-bond donors (Lipinski definition) is 0. The van der Waals surface area contributed by atoms with Gasteiger partial charge in [0.25, 0.3) is 0 Å². The highest BCUT2D eigenvalue weighted by Crippen LogP contribution is 2.21. The van der Waals surface area contributed by atoms with Gasteiger partial charge in [-0.15, -0.1) is 11.3 Å². The maximum Gasteiger partial charge on any atom is 0.135 e. The van der Waals surface area contributed by atoms with Gasteiger partial charge in [0.05, 0.1) is 10.7 Å². The molecule has 17 heavy (non-hydrogen) atoms. The summed E-state index contributed by atoms with van der Waals surface area (Å²) in [4.78, 5) is 15.4. The van der Waals surface area contributed by atoms with Crippen LogP contribution in [0, 0.1) is 0 Å². The van der Waals surface area contributed by atoms with Crippen LogP contribution >= 0.6 is 22.9 Å². The Balaban J connectivity index is 2.12. The summed E-state index contributed by atoms with van der Waals surface area (Å²) in [5.74, 6) is 0.139. The van der Waals surface area contributed by atoms with Crippen molar-refractivity contribution >= 4 is 28.7 Å². The Morgan fingerprint density at radius 1 is 1.41 bits per heavy atom. The van der Waals surface area contributed by atoms with Gasteiger partial charge in [0.1, 0.15) is 5.78 Å². The molecule has 2 rings (SSSR count). The maximum absolute atomic E-state index is 11.0. The molecule has 0 radical (unpaired) electrons. The van der Waals surface area contributed by atoms with Crippen molar-refractivity contribution in [3.05, 3.63) is 50.9 Å². The van der Waals surface area contributed by atoms with E-state index >= 15 is 0 Å². The first-order valence-corrected chi connectivity index (χ1v) is 6.57. The predicted molar refractivity (Wildman–Crippen MR) is 70.8 cm³/mol.